The van der Waals surface area contributed by atoms with Crippen LogP contribution in [0.5, 0.6) is 0 Å². The SMILES string of the molecule is Cc1ccnc(NCCC(C)C)n1. The minimum atomic E-state index is 0.720. The predicted octanol–water partition coefficient (Wildman–Crippen LogP) is 2.24. The van der Waals surface area contributed by atoms with Crippen molar-refractivity contribution in [2.45, 2.75) is 27.2 Å². The van der Waals surface area contributed by atoms with Crippen LogP contribution in [0.4, 0.5) is 5.95 Å². The maximum atomic E-state index is 4.25. The Morgan fingerprint density at radius 1 is 1.46 bits per heavy atom. The van der Waals surface area contributed by atoms with Gasteiger partial charge in [0.25, 0.3) is 0 Å². The Labute approximate surface area is 79.6 Å². The first-order valence-corrected chi connectivity index (χ1v) is 4.72. The largest absolute Gasteiger partial charge is 0.354 e. The molecule has 0 saturated carbocycles. The molecule has 0 aliphatic heterocycles. The molecule has 1 aromatic heterocycles. The van der Waals surface area contributed by atoms with Gasteiger partial charge in [-0.2, -0.15) is 0 Å². The van der Waals surface area contributed by atoms with Crippen molar-refractivity contribution in [3.63, 3.8) is 0 Å². The molecule has 0 amide bonds. The minimum Gasteiger partial charge on any atom is -0.354 e. The van der Waals surface area contributed by atoms with Crippen LogP contribution in [0.2, 0.25) is 0 Å². The van der Waals surface area contributed by atoms with Crippen molar-refractivity contribution >= 4 is 5.95 Å². The van der Waals surface area contributed by atoms with Crippen molar-refractivity contribution in [3.8, 4) is 0 Å². The van der Waals surface area contributed by atoms with E-state index in [4.69, 9.17) is 0 Å². The van der Waals surface area contributed by atoms with Gasteiger partial charge < -0.3 is 5.32 Å². The second-order valence-corrected chi connectivity index (χ2v) is 3.63. The highest BCUT2D eigenvalue weighted by molar-refractivity contribution is 5.24. The number of hydrogen-bond acceptors (Lipinski definition) is 3. The number of aromatic nitrogens is 2. The Balaban J connectivity index is 2.37. The number of anilines is 1. The molecular weight excluding hydrogens is 162 g/mol. The summed E-state index contributed by atoms with van der Waals surface area (Å²) in [5.74, 6) is 1.46. The molecule has 72 valence electrons. The molecule has 0 unspecified atom stereocenters. The lowest BCUT2D eigenvalue weighted by Crippen LogP contribution is -2.07. The summed E-state index contributed by atoms with van der Waals surface area (Å²) in [6.45, 7) is 7.33. The van der Waals surface area contributed by atoms with Gasteiger partial charge in [0, 0.05) is 18.4 Å². The van der Waals surface area contributed by atoms with Crippen LogP contribution in [0.25, 0.3) is 0 Å². The molecule has 1 aromatic rings. The number of hydrogen-bond donors (Lipinski definition) is 1. The van der Waals surface area contributed by atoms with E-state index >= 15 is 0 Å². The fourth-order valence-electron chi connectivity index (χ4n) is 1.01. The molecule has 0 fully saturated rings. The van der Waals surface area contributed by atoms with Crippen LogP contribution < -0.4 is 5.32 Å². The average molecular weight is 179 g/mol. The van der Waals surface area contributed by atoms with Crippen LogP contribution >= 0.6 is 0 Å². The Bertz CT molecular complexity index is 258. The highest BCUT2D eigenvalue weighted by Crippen LogP contribution is 2.02. The smallest absolute Gasteiger partial charge is 0.222 e. The average Bonchev–Trinajstić information content (AvgIpc) is 2.03. The number of rotatable bonds is 4. The first-order valence-electron chi connectivity index (χ1n) is 4.72. The van der Waals surface area contributed by atoms with Gasteiger partial charge in [-0.3, -0.25) is 0 Å². The normalized spacial score (nSPS) is 10.5. The summed E-state index contributed by atoms with van der Waals surface area (Å²) in [7, 11) is 0. The van der Waals surface area contributed by atoms with E-state index in [0.717, 1.165) is 30.5 Å². The minimum absolute atomic E-state index is 0.720. The third kappa shape index (κ3) is 3.87. The topological polar surface area (TPSA) is 37.8 Å². The third-order valence-electron chi connectivity index (χ3n) is 1.80. The van der Waals surface area contributed by atoms with E-state index in [1.54, 1.807) is 6.20 Å². The van der Waals surface area contributed by atoms with Crippen molar-refractivity contribution in [2.24, 2.45) is 5.92 Å². The second-order valence-electron chi connectivity index (χ2n) is 3.63. The van der Waals surface area contributed by atoms with Crippen molar-refractivity contribution < 1.29 is 0 Å². The summed E-state index contributed by atoms with van der Waals surface area (Å²) in [5, 5.41) is 3.19. The maximum Gasteiger partial charge on any atom is 0.222 e. The van der Waals surface area contributed by atoms with E-state index in [1.807, 2.05) is 13.0 Å². The lowest BCUT2D eigenvalue weighted by molar-refractivity contribution is 0.606. The molecule has 13 heavy (non-hydrogen) atoms. The number of nitrogens with zero attached hydrogens (tertiary/aromatic N) is 2. The lowest BCUT2D eigenvalue weighted by Gasteiger charge is -2.06. The third-order valence-corrected chi connectivity index (χ3v) is 1.80. The van der Waals surface area contributed by atoms with Gasteiger partial charge in [0.2, 0.25) is 5.95 Å². The van der Waals surface area contributed by atoms with Gasteiger partial charge in [-0.15, -0.1) is 0 Å². The van der Waals surface area contributed by atoms with Crippen LogP contribution in [-0.4, -0.2) is 16.5 Å². The van der Waals surface area contributed by atoms with E-state index in [1.165, 1.54) is 0 Å². The van der Waals surface area contributed by atoms with Gasteiger partial charge in [0.15, 0.2) is 0 Å². The van der Waals surface area contributed by atoms with Gasteiger partial charge in [-0.25, -0.2) is 9.97 Å². The molecule has 0 aliphatic carbocycles. The van der Waals surface area contributed by atoms with E-state index < -0.39 is 0 Å². The fraction of sp³-hybridized carbons (Fsp3) is 0.600. The summed E-state index contributed by atoms with van der Waals surface area (Å²) in [4.78, 5) is 8.36. The highest BCUT2D eigenvalue weighted by Gasteiger charge is 1.96. The summed E-state index contributed by atoms with van der Waals surface area (Å²) in [6.07, 6.45) is 2.93. The Kier molecular flexibility index (Phi) is 3.68. The standard InChI is InChI=1S/C10H17N3/c1-8(2)4-6-11-10-12-7-5-9(3)13-10/h5,7-8H,4,6H2,1-3H3,(H,11,12,13). The van der Waals surface area contributed by atoms with Crippen LogP contribution in [0.15, 0.2) is 12.3 Å². The van der Waals surface area contributed by atoms with Gasteiger partial charge in [0.1, 0.15) is 0 Å². The molecule has 0 radical (unpaired) electrons. The Morgan fingerprint density at radius 2 is 2.23 bits per heavy atom. The Morgan fingerprint density at radius 3 is 2.85 bits per heavy atom. The zero-order chi connectivity index (χ0) is 9.68. The van der Waals surface area contributed by atoms with E-state index in [9.17, 15) is 0 Å². The van der Waals surface area contributed by atoms with Gasteiger partial charge in [-0.1, -0.05) is 13.8 Å². The van der Waals surface area contributed by atoms with Crippen LogP contribution in [0, 0.1) is 12.8 Å². The lowest BCUT2D eigenvalue weighted by atomic mass is 10.1. The van der Waals surface area contributed by atoms with Crippen molar-refractivity contribution in [2.75, 3.05) is 11.9 Å². The molecule has 0 bridgehead atoms. The molecule has 3 nitrogen and oxygen atoms in total. The summed E-state index contributed by atoms with van der Waals surface area (Å²) < 4.78 is 0. The Hall–Kier alpha value is -1.12. The summed E-state index contributed by atoms with van der Waals surface area (Å²) in [5.41, 5.74) is 1.00. The van der Waals surface area contributed by atoms with Crippen molar-refractivity contribution in [1.82, 2.24) is 9.97 Å². The second kappa shape index (κ2) is 4.80. The monoisotopic (exact) mass is 179 g/mol. The molecular formula is C10H17N3. The van der Waals surface area contributed by atoms with Gasteiger partial charge in [-0.05, 0) is 25.3 Å². The van der Waals surface area contributed by atoms with Crippen LogP contribution in [0.3, 0.4) is 0 Å². The highest BCUT2D eigenvalue weighted by atomic mass is 15.1. The number of aryl methyl sites for hydroxylation is 1. The number of nitrogens with one attached hydrogen (secondary N) is 1. The van der Waals surface area contributed by atoms with Crippen molar-refractivity contribution in [1.29, 1.82) is 0 Å². The van der Waals surface area contributed by atoms with Crippen LogP contribution in [-0.2, 0) is 0 Å². The van der Waals surface area contributed by atoms with Gasteiger partial charge in [0.05, 0.1) is 0 Å². The summed E-state index contributed by atoms with van der Waals surface area (Å²) in [6, 6.07) is 1.90. The van der Waals surface area contributed by atoms with Crippen LogP contribution in [0.1, 0.15) is 26.0 Å². The molecule has 1 rings (SSSR count). The fourth-order valence-corrected chi connectivity index (χ4v) is 1.01. The maximum absolute atomic E-state index is 4.25. The molecule has 1 heterocycles. The van der Waals surface area contributed by atoms with E-state index in [-0.39, 0.29) is 0 Å². The molecule has 0 spiro atoms. The molecule has 0 atom stereocenters. The zero-order valence-corrected chi connectivity index (χ0v) is 8.54. The quantitative estimate of drug-likeness (QED) is 0.770. The first-order chi connectivity index (χ1) is 6.18. The molecule has 0 aliphatic rings. The van der Waals surface area contributed by atoms with E-state index in [2.05, 4.69) is 29.1 Å². The van der Waals surface area contributed by atoms with Gasteiger partial charge >= 0.3 is 0 Å². The molecule has 0 aromatic carbocycles. The first kappa shape index (κ1) is 9.96. The molecule has 3 heteroatoms. The zero-order valence-electron chi connectivity index (χ0n) is 8.54. The molecule has 0 saturated heterocycles. The summed E-state index contributed by atoms with van der Waals surface area (Å²) >= 11 is 0. The van der Waals surface area contributed by atoms with E-state index in [0.29, 0.717) is 0 Å². The molecule has 1 N–H and O–H groups in total. The predicted molar refractivity (Wildman–Crippen MR) is 54.7 cm³/mol. The van der Waals surface area contributed by atoms with Crippen molar-refractivity contribution in [3.05, 3.63) is 18.0 Å².